The highest BCUT2D eigenvalue weighted by molar-refractivity contribution is 5.94. The quantitative estimate of drug-likeness (QED) is 0.749. The third-order valence-electron chi connectivity index (χ3n) is 2.97. The molecule has 1 aromatic rings. The molecule has 2 atom stereocenters. The van der Waals surface area contributed by atoms with Gasteiger partial charge in [0.25, 0.3) is 5.91 Å². The van der Waals surface area contributed by atoms with Crippen LogP contribution in [0, 0.1) is 0 Å². The van der Waals surface area contributed by atoms with E-state index in [1.165, 1.54) is 0 Å². The number of carbonyl (C=O) groups is 1. The van der Waals surface area contributed by atoms with E-state index >= 15 is 0 Å². The molecule has 1 heterocycles. The van der Waals surface area contributed by atoms with Gasteiger partial charge in [0.05, 0.1) is 18.8 Å². The highest BCUT2D eigenvalue weighted by Gasteiger charge is 2.28. The van der Waals surface area contributed by atoms with Crippen LogP contribution in [0.3, 0.4) is 0 Å². The molecular formula is C13H18N2O3. The molecule has 0 bridgehead atoms. The Bertz CT molecular complexity index is 419. The van der Waals surface area contributed by atoms with E-state index in [4.69, 9.17) is 15.6 Å². The van der Waals surface area contributed by atoms with Crippen molar-refractivity contribution in [1.29, 1.82) is 0 Å². The molecule has 1 saturated heterocycles. The lowest BCUT2D eigenvalue weighted by atomic mass is 10.1. The standard InChI is InChI=1S/C13H18N2O3/c1-9-6-15(7-12(8-16)18-9)13(17)10-2-4-11(14)5-3-10/h2-5,9,12,16H,6-8,14H2,1H3. The number of anilines is 1. The van der Waals surface area contributed by atoms with Gasteiger partial charge in [-0.3, -0.25) is 4.79 Å². The summed E-state index contributed by atoms with van der Waals surface area (Å²) in [5.41, 5.74) is 6.83. The number of aliphatic hydroxyl groups excluding tert-OH is 1. The van der Waals surface area contributed by atoms with Crippen LogP contribution >= 0.6 is 0 Å². The largest absolute Gasteiger partial charge is 0.399 e. The number of benzene rings is 1. The molecule has 5 heteroatoms. The number of hydrogen-bond acceptors (Lipinski definition) is 4. The molecule has 0 aliphatic carbocycles. The fourth-order valence-electron chi connectivity index (χ4n) is 2.12. The maximum absolute atomic E-state index is 12.3. The first-order valence-corrected chi connectivity index (χ1v) is 6.01. The number of nitrogen functional groups attached to an aromatic ring is 1. The van der Waals surface area contributed by atoms with E-state index in [1.54, 1.807) is 29.2 Å². The average molecular weight is 250 g/mol. The number of nitrogens with two attached hydrogens (primary N) is 1. The molecular weight excluding hydrogens is 232 g/mol. The van der Waals surface area contributed by atoms with Crippen LogP contribution < -0.4 is 5.73 Å². The molecule has 3 N–H and O–H groups in total. The summed E-state index contributed by atoms with van der Waals surface area (Å²) in [5, 5.41) is 9.14. The number of morpholine rings is 1. The smallest absolute Gasteiger partial charge is 0.254 e. The van der Waals surface area contributed by atoms with Gasteiger partial charge in [-0.25, -0.2) is 0 Å². The third kappa shape index (κ3) is 2.80. The number of amides is 1. The van der Waals surface area contributed by atoms with Gasteiger partial charge in [-0.2, -0.15) is 0 Å². The van der Waals surface area contributed by atoms with E-state index in [-0.39, 0.29) is 24.7 Å². The number of carbonyl (C=O) groups excluding carboxylic acids is 1. The number of hydrogen-bond donors (Lipinski definition) is 2. The van der Waals surface area contributed by atoms with Gasteiger partial charge in [-0.15, -0.1) is 0 Å². The van der Waals surface area contributed by atoms with Gasteiger partial charge in [-0.1, -0.05) is 0 Å². The second kappa shape index (κ2) is 5.37. The van der Waals surface area contributed by atoms with Crippen LogP contribution in [0.4, 0.5) is 5.69 Å². The Morgan fingerprint density at radius 2 is 2.11 bits per heavy atom. The number of aliphatic hydroxyl groups is 1. The van der Waals surface area contributed by atoms with Crippen molar-refractivity contribution < 1.29 is 14.6 Å². The van der Waals surface area contributed by atoms with Crippen molar-refractivity contribution in [2.75, 3.05) is 25.4 Å². The first kappa shape index (κ1) is 12.9. The maximum atomic E-state index is 12.3. The molecule has 1 amide bonds. The molecule has 1 aromatic carbocycles. The van der Waals surface area contributed by atoms with E-state index in [0.29, 0.717) is 24.3 Å². The summed E-state index contributed by atoms with van der Waals surface area (Å²) in [6, 6.07) is 6.85. The molecule has 0 saturated carbocycles. The lowest BCUT2D eigenvalue weighted by molar-refractivity contribution is -0.0858. The van der Waals surface area contributed by atoms with Crippen molar-refractivity contribution in [2.45, 2.75) is 19.1 Å². The minimum atomic E-state index is -0.300. The first-order chi connectivity index (χ1) is 8.60. The summed E-state index contributed by atoms with van der Waals surface area (Å²) in [7, 11) is 0. The SMILES string of the molecule is CC1CN(C(=O)c2ccc(N)cc2)CC(CO)O1. The summed E-state index contributed by atoms with van der Waals surface area (Å²) < 4.78 is 5.51. The number of ether oxygens (including phenoxy) is 1. The molecule has 2 unspecified atom stereocenters. The summed E-state index contributed by atoms with van der Waals surface area (Å²) in [6.07, 6.45) is -0.361. The van der Waals surface area contributed by atoms with Crippen molar-refractivity contribution in [1.82, 2.24) is 4.90 Å². The Kier molecular flexibility index (Phi) is 3.84. The molecule has 2 rings (SSSR count). The van der Waals surface area contributed by atoms with E-state index in [9.17, 15) is 4.79 Å². The molecule has 18 heavy (non-hydrogen) atoms. The van der Waals surface area contributed by atoms with Crippen LogP contribution in [-0.4, -0.2) is 47.8 Å². The van der Waals surface area contributed by atoms with E-state index in [1.807, 2.05) is 6.92 Å². The molecule has 0 radical (unpaired) electrons. The van der Waals surface area contributed by atoms with E-state index < -0.39 is 0 Å². The minimum Gasteiger partial charge on any atom is -0.399 e. The first-order valence-electron chi connectivity index (χ1n) is 6.01. The Balaban J connectivity index is 2.10. The van der Waals surface area contributed by atoms with E-state index in [2.05, 4.69) is 0 Å². The van der Waals surface area contributed by atoms with Gasteiger partial charge in [0.1, 0.15) is 0 Å². The van der Waals surface area contributed by atoms with Crippen LogP contribution in [0.2, 0.25) is 0 Å². The predicted octanol–water partition coefficient (Wildman–Crippen LogP) is 0.491. The zero-order valence-electron chi connectivity index (χ0n) is 10.4. The fourth-order valence-corrected chi connectivity index (χ4v) is 2.12. The molecule has 5 nitrogen and oxygen atoms in total. The minimum absolute atomic E-state index is 0.0522. The van der Waals surface area contributed by atoms with E-state index in [0.717, 1.165) is 0 Å². The second-order valence-electron chi connectivity index (χ2n) is 4.58. The topological polar surface area (TPSA) is 75.8 Å². The molecule has 0 aromatic heterocycles. The predicted molar refractivity (Wildman–Crippen MR) is 68.2 cm³/mol. The monoisotopic (exact) mass is 250 g/mol. The molecule has 1 aliphatic heterocycles. The van der Waals surface area contributed by atoms with Crippen LogP contribution in [-0.2, 0) is 4.74 Å². The van der Waals surface area contributed by atoms with Gasteiger partial charge in [0.15, 0.2) is 0 Å². The molecule has 1 fully saturated rings. The normalized spacial score (nSPS) is 24.0. The Labute approximate surface area is 106 Å². The van der Waals surface area contributed by atoms with Crippen molar-refractivity contribution in [3.05, 3.63) is 29.8 Å². The highest BCUT2D eigenvalue weighted by atomic mass is 16.5. The van der Waals surface area contributed by atoms with Crippen molar-refractivity contribution in [2.24, 2.45) is 0 Å². The lowest BCUT2D eigenvalue weighted by Crippen LogP contribution is -2.50. The summed E-state index contributed by atoms with van der Waals surface area (Å²) in [6.45, 7) is 2.78. The zero-order chi connectivity index (χ0) is 13.1. The lowest BCUT2D eigenvalue weighted by Gasteiger charge is -2.36. The number of nitrogens with zero attached hydrogens (tertiary/aromatic N) is 1. The van der Waals surface area contributed by atoms with Gasteiger partial charge < -0.3 is 20.5 Å². The van der Waals surface area contributed by atoms with Crippen LogP contribution in [0.15, 0.2) is 24.3 Å². The summed E-state index contributed by atoms with van der Waals surface area (Å²) in [4.78, 5) is 14.0. The van der Waals surface area contributed by atoms with Gasteiger partial charge in [0, 0.05) is 24.3 Å². The molecule has 0 spiro atoms. The Morgan fingerprint density at radius 3 is 2.72 bits per heavy atom. The summed E-state index contributed by atoms with van der Waals surface area (Å²) >= 11 is 0. The average Bonchev–Trinajstić information content (AvgIpc) is 2.38. The third-order valence-corrected chi connectivity index (χ3v) is 2.97. The van der Waals surface area contributed by atoms with Crippen molar-refractivity contribution >= 4 is 11.6 Å². The fraction of sp³-hybridized carbons (Fsp3) is 0.462. The van der Waals surface area contributed by atoms with Gasteiger partial charge >= 0.3 is 0 Å². The van der Waals surface area contributed by atoms with Crippen LogP contribution in [0.1, 0.15) is 17.3 Å². The van der Waals surface area contributed by atoms with Crippen molar-refractivity contribution in [3.8, 4) is 0 Å². The van der Waals surface area contributed by atoms with Gasteiger partial charge in [0.2, 0.25) is 0 Å². The second-order valence-corrected chi connectivity index (χ2v) is 4.58. The Morgan fingerprint density at radius 1 is 1.44 bits per heavy atom. The van der Waals surface area contributed by atoms with Gasteiger partial charge in [-0.05, 0) is 31.2 Å². The highest BCUT2D eigenvalue weighted by Crippen LogP contribution is 2.15. The Hall–Kier alpha value is -1.59. The zero-order valence-corrected chi connectivity index (χ0v) is 10.4. The maximum Gasteiger partial charge on any atom is 0.254 e. The van der Waals surface area contributed by atoms with Crippen LogP contribution in [0.5, 0.6) is 0 Å². The molecule has 1 aliphatic rings. The number of rotatable bonds is 2. The van der Waals surface area contributed by atoms with Crippen LogP contribution in [0.25, 0.3) is 0 Å². The van der Waals surface area contributed by atoms with Crippen molar-refractivity contribution in [3.63, 3.8) is 0 Å². The molecule has 98 valence electrons. The summed E-state index contributed by atoms with van der Waals surface area (Å²) in [5.74, 6) is -0.0522.